The lowest BCUT2D eigenvalue weighted by Crippen LogP contribution is -2.22. The predicted octanol–water partition coefficient (Wildman–Crippen LogP) is 4.05. The van der Waals surface area contributed by atoms with Crippen LogP contribution >= 0.6 is 0 Å². The second-order valence-electron chi connectivity index (χ2n) is 6.69. The average Bonchev–Trinajstić information content (AvgIpc) is 2.78. The van der Waals surface area contributed by atoms with E-state index in [9.17, 15) is 29.8 Å². The number of nitrogens with zero attached hydrogens (tertiary/aromatic N) is 2. The number of nitro groups is 2. The van der Waals surface area contributed by atoms with E-state index in [1.54, 1.807) is 13.0 Å². The van der Waals surface area contributed by atoms with E-state index in [1.807, 2.05) is 0 Å². The maximum absolute atomic E-state index is 12.7. The van der Waals surface area contributed by atoms with Crippen LogP contribution < -0.4 is 0 Å². The summed E-state index contributed by atoms with van der Waals surface area (Å²) in [5.74, 6) is -2.59. The summed E-state index contributed by atoms with van der Waals surface area (Å²) in [6.45, 7) is 1.88. The Morgan fingerprint density at radius 3 is 1.88 bits per heavy atom. The highest BCUT2D eigenvalue weighted by atomic mass is 16.6. The first-order valence-corrected chi connectivity index (χ1v) is 9.68. The molecule has 32 heavy (non-hydrogen) atoms. The van der Waals surface area contributed by atoms with Gasteiger partial charge in [-0.2, -0.15) is 0 Å². The number of allylic oxidation sites excluding steroid dienone is 1. The Labute approximate surface area is 183 Å². The summed E-state index contributed by atoms with van der Waals surface area (Å²) in [7, 11) is 1.22. The molecule has 10 nitrogen and oxygen atoms in total. The molecule has 0 saturated heterocycles. The van der Waals surface area contributed by atoms with Crippen molar-refractivity contribution in [2.75, 3.05) is 13.7 Å². The molecule has 0 heterocycles. The zero-order valence-electron chi connectivity index (χ0n) is 17.5. The van der Waals surface area contributed by atoms with Gasteiger partial charge < -0.3 is 9.47 Å². The minimum Gasteiger partial charge on any atom is -0.469 e. The molecule has 2 atom stereocenters. The number of esters is 2. The minimum atomic E-state index is -0.880. The lowest BCUT2D eigenvalue weighted by Gasteiger charge is -2.25. The fourth-order valence-corrected chi connectivity index (χ4v) is 3.27. The molecule has 0 aliphatic carbocycles. The monoisotopic (exact) mass is 442 g/mol. The zero-order valence-corrected chi connectivity index (χ0v) is 17.5. The number of carbonyl (C=O) groups is 2. The summed E-state index contributed by atoms with van der Waals surface area (Å²) in [6.07, 6.45) is 2.99. The van der Waals surface area contributed by atoms with Crippen molar-refractivity contribution in [2.24, 2.45) is 0 Å². The molecule has 0 bridgehead atoms. The van der Waals surface area contributed by atoms with E-state index in [0.29, 0.717) is 11.1 Å². The number of hydrogen-bond donors (Lipinski definition) is 0. The topological polar surface area (TPSA) is 139 Å². The van der Waals surface area contributed by atoms with Crippen molar-refractivity contribution in [3.05, 3.63) is 92.0 Å². The van der Waals surface area contributed by atoms with E-state index >= 15 is 0 Å². The number of ether oxygens (including phenoxy) is 2. The highest BCUT2D eigenvalue weighted by Gasteiger charge is 2.32. The lowest BCUT2D eigenvalue weighted by molar-refractivity contribution is -0.385. The third kappa shape index (κ3) is 6.21. The number of rotatable bonds is 10. The van der Waals surface area contributed by atoms with Crippen molar-refractivity contribution < 1.29 is 28.9 Å². The third-order valence-electron chi connectivity index (χ3n) is 4.78. The summed E-state index contributed by atoms with van der Waals surface area (Å²) in [6, 6.07) is 11.2. The molecule has 2 aromatic carbocycles. The SMILES string of the molecule is CCOC(=O)/C=C/CC(c1ccc([N+](=O)[O-])cc1)C(C(=O)OC)c1ccc([N+](=O)[O-])cc1. The van der Waals surface area contributed by atoms with Gasteiger partial charge in [0.1, 0.15) is 0 Å². The molecule has 0 saturated carbocycles. The van der Waals surface area contributed by atoms with Crippen LogP contribution in [0.3, 0.4) is 0 Å². The predicted molar refractivity (Wildman–Crippen MR) is 114 cm³/mol. The van der Waals surface area contributed by atoms with Crippen LogP contribution in [0.2, 0.25) is 0 Å². The summed E-state index contributed by atoms with van der Waals surface area (Å²) in [4.78, 5) is 45.3. The molecule has 0 amide bonds. The summed E-state index contributed by atoms with van der Waals surface area (Å²) in [5, 5.41) is 22.0. The van der Waals surface area contributed by atoms with Gasteiger partial charge in [-0.1, -0.05) is 30.3 Å². The quantitative estimate of drug-likeness (QED) is 0.232. The number of benzene rings is 2. The van der Waals surface area contributed by atoms with Gasteiger partial charge >= 0.3 is 11.9 Å². The van der Waals surface area contributed by atoms with Crippen LogP contribution in [0.5, 0.6) is 0 Å². The van der Waals surface area contributed by atoms with E-state index in [2.05, 4.69) is 0 Å². The molecule has 0 aliphatic rings. The van der Waals surface area contributed by atoms with Crippen LogP contribution in [-0.2, 0) is 19.1 Å². The van der Waals surface area contributed by atoms with Crippen LogP contribution in [0, 0.1) is 20.2 Å². The van der Waals surface area contributed by atoms with Crippen molar-refractivity contribution in [3.63, 3.8) is 0 Å². The first kappa shape index (κ1) is 24.2. The maximum Gasteiger partial charge on any atom is 0.330 e. The van der Waals surface area contributed by atoms with Crippen molar-refractivity contribution in [3.8, 4) is 0 Å². The molecule has 2 unspecified atom stereocenters. The van der Waals surface area contributed by atoms with E-state index in [1.165, 1.54) is 61.7 Å². The van der Waals surface area contributed by atoms with Gasteiger partial charge in [-0.3, -0.25) is 25.0 Å². The number of methoxy groups -OCH3 is 1. The minimum absolute atomic E-state index is 0.112. The van der Waals surface area contributed by atoms with Crippen molar-refractivity contribution >= 4 is 23.3 Å². The number of nitro benzene ring substituents is 2. The first-order chi connectivity index (χ1) is 15.3. The van der Waals surface area contributed by atoms with Gasteiger partial charge in [-0.25, -0.2) is 4.79 Å². The number of non-ortho nitro benzene ring substituents is 2. The first-order valence-electron chi connectivity index (χ1n) is 9.68. The average molecular weight is 442 g/mol. The van der Waals surface area contributed by atoms with E-state index in [-0.39, 0.29) is 24.4 Å². The van der Waals surface area contributed by atoms with Crippen LogP contribution in [0.4, 0.5) is 11.4 Å². The van der Waals surface area contributed by atoms with Crippen molar-refractivity contribution in [2.45, 2.75) is 25.2 Å². The normalized spacial score (nSPS) is 12.7. The summed E-state index contributed by atoms with van der Waals surface area (Å²) >= 11 is 0. The zero-order chi connectivity index (χ0) is 23.7. The molecule has 2 aromatic rings. The van der Waals surface area contributed by atoms with Gasteiger partial charge in [0.2, 0.25) is 0 Å². The molecular formula is C22H22N2O8. The van der Waals surface area contributed by atoms with Gasteiger partial charge in [0, 0.05) is 36.3 Å². The number of carbonyl (C=O) groups excluding carboxylic acids is 2. The maximum atomic E-state index is 12.7. The van der Waals surface area contributed by atoms with Crippen LogP contribution in [0.15, 0.2) is 60.7 Å². The second-order valence-corrected chi connectivity index (χ2v) is 6.69. The Morgan fingerprint density at radius 2 is 1.44 bits per heavy atom. The van der Waals surface area contributed by atoms with Gasteiger partial charge in [0.25, 0.3) is 11.4 Å². The smallest absolute Gasteiger partial charge is 0.330 e. The summed E-state index contributed by atoms with van der Waals surface area (Å²) in [5.41, 5.74) is 0.819. The Balaban J connectivity index is 2.50. The second kappa shape index (κ2) is 11.3. The fraction of sp³-hybridized carbons (Fsp3) is 0.273. The molecule has 168 valence electrons. The van der Waals surface area contributed by atoms with Gasteiger partial charge in [-0.15, -0.1) is 0 Å². The molecule has 0 N–H and O–H groups in total. The lowest BCUT2D eigenvalue weighted by atomic mass is 9.79. The molecule has 0 radical (unpaired) electrons. The van der Waals surface area contributed by atoms with Crippen LogP contribution in [0.1, 0.15) is 36.3 Å². The molecule has 0 spiro atoms. The van der Waals surface area contributed by atoms with E-state index < -0.39 is 33.6 Å². The molecule has 2 rings (SSSR count). The third-order valence-corrected chi connectivity index (χ3v) is 4.78. The number of hydrogen-bond acceptors (Lipinski definition) is 8. The van der Waals surface area contributed by atoms with Crippen molar-refractivity contribution in [1.82, 2.24) is 0 Å². The Morgan fingerprint density at radius 1 is 0.938 bits per heavy atom. The molecular weight excluding hydrogens is 420 g/mol. The Hall–Kier alpha value is -4.08. The molecule has 0 aliphatic heterocycles. The van der Waals surface area contributed by atoms with E-state index in [4.69, 9.17) is 9.47 Å². The van der Waals surface area contributed by atoms with Gasteiger partial charge in [0.15, 0.2) is 0 Å². The molecule has 10 heteroatoms. The van der Waals surface area contributed by atoms with Crippen molar-refractivity contribution in [1.29, 1.82) is 0 Å². The molecule has 0 aromatic heterocycles. The standard InChI is InChI=1S/C22H22N2O8/c1-3-32-20(25)6-4-5-19(15-7-11-17(12-8-15)23(27)28)21(22(26)31-2)16-9-13-18(14-10-16)24(29)30/h4,6-14,19,21H,3,5H2,1-2H3/b6-4+. The molecule has 0 fully saturated rings. The fourth-order valence-electron chi connectivity index (χ4n) is 3.27. The van der Waals surface area contributed by atoms with Crippen LogP contribution in [0.25, 0.3) is 0 Å². The van der Waals surface area contributed by atoms with Gasteiger partial charge in [-0.05, 0) is 24.5 Å². The van der Waals surface area contributed by atoms with E-state index in [0.717, 1.165) is 0 Å². The van der Waals surface area contributed by atoms with Crippen LogP contribution in [-0.4, -0.2) is 35.5 Å². The summed E-state index contributed by atoms with van der Waals surface area (Å²) < 4.78 is 9.84. The highest BCUT2D eigenvalue weighted by molar-refractivity contribution is 5.82. The Kier molecular flexibility index (Phi) is 8.58. The largest absolute Gasteiger partial charge is 0.469 e. The van der Waals surface area contributed by atoms with Gasteiger partial charge in [0.05, 0.1) is 29.5 Å². The Bertz CT molecular complexity index is 1000. The highest BCUT2D eigenvalue weighted by Crippen LogP contribution is 2.38.